The molecule has 1 aromatic heterocycles. The van der Waals surface area contributed by atoms with Crippen LogP contribution in [0.1, 0.15) is 43.5 Å². The second-order valence-electron chi connectivity index (χ2n) is 7.11. The second kappa shape index (κ2) is 9.15. The minimum Gasteiger partial charge on any atom is -0.383 e. The van der Waals surface area contributed by atoms with Crippen molar-refractivity contribution in [1.29, 1.82) is 0 Å². The van der Waals surface area contributed by atoms with Gasteiger partial charge in [-0.25, -0.2) is 17.8 Å². The molecule has 8 heteroatoms. The Morgan fingerprint density at radius 1 is 1.25 bits per heavy atom. The van der Waals surface area contributed by atoms with E-state index in [1.165, 1.54) is 12.1 Å². The van der Waals surface area contributed by atoms with Gasteiger partial charge in [-0.15, -0.1) is 0 Å². The fraction of sp³-hybridized carbons (Fsp3) is 0.550. The first kappa shape index (κ1) is 21.0. The lowest BCUT2D eigenvalue weighted by Crippen LogP contribution is -2.34. The molecule has 1 atom stereocenters. The highest BCUT2D eigenvalue weighted by Gasteiger charge is 2.27. The summed E-state index contributed by atoms with van der Waals surface area (Å²) in [4.78, 5) is 6.56. The molecule has 0 bridgehead atoms. The summed E-state index contributed by atoms with van der Waals surface area (Å²) in [5, 5.41) is 0.109. The number of methoxy groups -OCH3 is 1. The van der Waals surface area contributed by atoms with Crippen LogP contribution >= 0.6 is 0 Å². The molecule has 1 aliphatic heterocycles. The van der Waals surface area contributed by atoms with Crippen LogP contribution in [0.4, 0.5) is 4.39 Å². The third-order valence-electron chi connectivity index (χ3n) is 5.31. The van der Waals surface area contributed by atoms with E-state index >= 15 is 0 Å². The van der Waals surface area contributed by atoms with Gasteiger partial charge in [0, 0.05) is 26.2 Å². The summed E-state index contributed by atoms with van der Waals surface area (Å²) in [6, 6.07) is 6.86. The summed E-state index contributed by atoms with van der Waals surface area (Å²) in [5.74, 6) is -0.226. The maximum Gasteiger partial charge on any atom is 0.227 e. The number of halogens is 1. The summed E-state index contributed by atoms with van der Waals surface area (Å²) in [6.07, 6.45) is 4.87. The Bertz CT molecular complexity index is 881. The molecule has 1 fully saturated rings. The topological polar surface area (TPSA) is 64.4 Å². The van der Waals surface area contributed by atoms with Crippen molar-refractivity contribution in [3.05, 3.63) is 47.5 Å². The number of sulfone groups is 1. The van der Waals surface area contributed by atoms with Gasteiger partial charge >= 0.3 is 0 Å². The molecule has 0 radical (unpaired) electrons. The van der Waals surface area contributed by atoms with Crippen LogP contribution in [0, 0.1) is 5.82 Å². The van der Waals surface area contributed by atoms with Crippen LogP contribution in [-0.4, -0.2) is 48.9 Å². The maximum atomic E-state index is 13.3. The molecular weight excluding hydrogens is 381 g/mol. The van der Waals surface area contributed by atoms with Gasteiger partial charge in [0.05, 0.1) is 24.3 Å². The predicted octanol–water partition coefficient (Wildman–Crippen LogP) is 3.19. The summed E-state index contributed by atoms with van der Waals surface area (Å²) in [5.41, 5.74) is 1.95. The van der Waals surface area contributed by atoms with Gasteiger partial charge in [0.1, 0.15) is 5.82 Å². The van der Waals surface area contributed by atoms with E-state index in [9.17, 15) is 12.8 Å². The summed E-state index contributed by atoms with van der Waals surface area (Å²) in [6.45, 7) is 3.98. The largest absolute Gasteiger partial charge is 0.383 e. The van der Waals surface area contributed by atoms with Gasteiger partial charge in [0.25, 0.3) is 0 Å². The molecule has 1 aromatic carbocycles. The maximum absolute atomic E-state index is 13.3. The van der Waals surface area contributed by atoms with Crippen molar-refractivity contribution in [2.24, 2.45) is 0 Å². The predicted molar refractivity (Wildman–Crippen MR) is 105 cm³/mol. The average molecular weight is 410 g/mol. The van der Waals surface area contributed by atoms with Crippen molar-refractivity contribution in [3.8, 4) is 0 Å². The molecule has 2 aromatic rings. The van der Waals surface area contributed by atoms with E-state index in [1.54, 1.807) is 24.8 Å². The van der Waals surface area contributed by atoms with Crippen molar-refractivity contribution in [2.75, 3.05) is 26.0 Å². The van der Waals surface area contributed by atoms with E-state index < -0.39 is 9.84 Å². The lowest BCUT2D eigenvalue weighted by molar-refractivity contribution is 0.134. The molecule has 0 spiro atoms. The lowest BCUT2D eigenvalue weighted by Gasteiger charge is -2.36. The van der Waals surface area contributed by atoms with Gasteiger partial charge in [-0.2, -0.15) is 0 Å². The van der Waals surface area contributed by atoms with Crippen molar-refractivity contribution >= 4 is 9.84 Å². The smallest absolute Gasteiger partial charge is 0.227 e. The van der Waals surface area contributed by atoms with E-state index in [1.807, 2.05) is 12.1 Å². The zero-order chi connectivity index (χ0) is 20.1. The highest BCUT2D eigenvalue weighted by atomic mass is 32.2. The Hall–Kier alpha value is -1.77. The molecule has 1 saturated heterocycles. The Kier molecular flexibility index (Phi) is 6.85. The number of hydrogen-bond acceptors (Lipinski definition) is 5. The van der Waals surface area contributed by atoms with Crippen LogP contribution in [0.25, 0.3) is 0 Å². The molecule has 6 nitrogen and oxygen atoms in total. The number of hydrogen-bond donors (Lipinski definition) is 0. The van der Waals surface area contributed by atoms with Crippen molar-refractivity contribution in [2.45, 2.75) is 50.5 Å². The minimum atomic E-state index is -3.41. The number of nitrogens with zero attached hydrogens (tertiary/aromatic N) is 3. The first-order chi connectivity index (χ1) is 13.5. The number of benzene rings is 1. The first-order valence-corrected chi connectivity index (χ1v) is 11.4. The molecule has 28 heavy (non-hydrogen) atoms. The van der Waals surface area contributed by atoms with Gasteiger partial charge in [0.15, 0.2) is 0 Å². The van der Waals surface area contributed by atoms with Crippen LogP contribution in [0.2, 0.25) is 0 Å². The molecule has 3 rings (SSSR count). The van der Waals surface area contributed by atoms with Gasteiger partial charge in [0.2, 0.25) is 15.0 Å². The quantitative estimate of drug-likeness (QED) is 0.670. The van der Waals surface area contributed by atoms with Crippen LogP contribution in [0.3, 0.4) is 0 Å². The summed E-state index contributed by atoms with van der Waals surface area (Å²) in [7, 11) is -1.82. The zero-order valence-electron chi connectivity index (χ0n) is 16.5. The molecule has 2 heterocycles. The monoisotopic (exact) mass is 409 g/mol. The molecule has 1 aliphatic rings. The molecule has 154 valence electrons. The van der Waals surface area contributed by atoms with E-state index in [2.05, 4.69) is 9.88 Å². The Morgan fingerprint density at radius 3 is 2.68 bits per heavy atom. The molecule has 0 saturated carbocycles. The standard InChI is InChI=1S/C20H28FN3O3S/c1-3-28(25,26)20-22-14-18(24(20)12-13-27-2)15-23-11-5-4-6-19(23)16-7-9-17(21)10-8-16/h7-10,14,19H,3-6,11-13,15H2,1-2H3. The number of rotatable bonds is 8. The number of piperidine rings is 1. The zero-order valence-corrected chi connectivity index (χ0v) is 17.3. The molecule has 0 aliphatic carbocycles. The summed E-state index contributed by atoms with van der Waals surface area (Å²) >= 11 is 0. The van der Waals surface area contributed by atoms with Crippen molar-refractivity contribution in [1.82, 2.24) is 14.5 Å². The van der Waals surface area contributed by atoms with E-state index in [4.69, 9.17) is 4.74 Å². The minimum absolute atomic E-state index is 0.0123. The molecular formula is C20H28FN3O3S. The fourth-order valence-electron chi connectivity index (χ4n) is 3.77. The Balaban J connectivity index is 1.89. The van der Waals surface area contributed by atoms with Crippen LogP contribution in [-0.2, 0) is 27.7 Å². The summed E-state index contributed by atoms with van der Waals surface area (Å²) < 4.78 is 45.1. The van der Waals surface area contributed by atoms with Crippen LogP contribution in [0.5, 0.6) is 0 Å². The highest BCUT2D eigenvalue weighted by Crippen LogP contribution is 2.32. The number of likely N-dealkylation sites (tertiary alicyclic amines) is 1. The fourth-order valence-corrected chi connectivity index (χ4v) is 4.78. The normalized spacial score (nSPS) is 18.5. The van der Waals surface area contributed by atoms with Gasteiger partial charge in [-0.3, -0.25) is 4.90 Å². The number of ether oxygens (including phenoxy) is 1. The third kappa shape index (κ3) is 4.61. The van der Waals surface area contributed by atoms with Crippen LogP contribution < -0.4 is 0 Å². The number of aromatic nitrogens is 2. The average Bonchev–Trinajstić information content (AvgIpc) is 3.11. The molecule has 0 N–H and O–H groups in total. The van der Waals surface area contributed by atoms with Gasteiger partial charge in [-0.05, 0) is 37.1 Å². The van der Waals surface area contributed by atoms with Crippen molar-refractivity contribution < 1.29 is 17.5 Å². The Labute approximate surface area is 166 Å². The first-order valence-electron chi connectivity index (χ1n) is 9.72. The second-order valence-corrected chi connectivity index (χ2v) is 9.29. The Morgan fingerprint density at radius 2 is 2.00 bits per heavy atom. The number of imidazole rings is 1. The molecule has 0 amide bonds. The third-order valence-corrected chi connectivity index (χ3v) is 6.95. The SMILES string of the molecule is CCS(=O)(=O)c1ncc(CN2CCCCC2c2ccc(F)cc2)n1CCOC. The molecule has 1 unspecified atom stereocenters. The highest BCUT2D eigenvalue weighted by molar-refractivity contribution is 7.91. The van der Waals surface area contributed by atoms with Gasteiger partial charge in [-0.1, -0.05) is 25.5 Å². The van der Waals surface area contributed by atoms with Crippen LogP contribution in [0.15, 0.2) is 35.6 Å². The van der Waals surface area contributed by atoms with Gasteiger partial charge < -0.3 is 9.30 Å². The van der Waals surface area contributed by atoms with E-state index in [0.29, 0.717) is 19.7 Å². The van der Waals surface area contributed by atoms with Crippen molar-refractivity contribution in [3.63, 3.8) is 0 Å². The van der Waals surface area contributed by atoms with E-state index in [0.717, 1.165) is 37.1 Å². The van der Waals surface area contributed by atoms with E-state index in [-0.39, 0.29) is 22.8 Å². The lowest BCUT2D eigenvalue weighted by atomic mass is 9.95.